The summed E-state index contributed by atoms with van der Waals surface area (Å²) in [5.74, 6) is 1.84. The highest BCUT2D eigenvalue weighted by atomic mass is 16.3. The summed E-state index contributed by atoms with van der Waals surface area (Å²) in [6.07, 6.45) is 2.78. The van der Waals surface area contributed by atoms with Gasteiger partial charge in [-0.2, -0.15) is 5.26 Å². The molecule has 4 heterocycles. The van der Waals surface area contributed by atoms with Crippen molar-refractivity contribution in [2.45, 2.75) is 19.4 Å². The van der Waals surface area contributed by atoms with Crippen molar-refractivity contribution in [3.05, 3.63) is 53.8 Å². The van der Waals surface area contributed by atoms with Crippen molar-refractivity contribution in [2.75, 3.05) is 32.1 Å². The van der Waals surface area contributed by atoms with Gasteiger partial charge in [-0.3, -0.25) is 4.40 Å². The highest BCUT2D eigenvalue weighted by Gasteiger charge is 2.31. The molecule has 4 aromatic rings. The molecule has 6 nitrogen and oxygen atoms in total. The number of para-hydroxylation sites is 2. The molecule has 0 bridgehead atoms. The van der Waals surface area contributed by atoms with E-state index in [-0.39, 0.29) is 0 Å². The number of nitrogens with zero attached hydrogens (tertiary/aromatic N) is 5. The Morgan fingerprint density at radius 3 is 2.72 bits per heavy atom. The number of rotatable bonds is 3. The van der Waals surface area contributed by atoms with Crippen LogP contribution in [0, 0.1) is 18.3 Å². The van der Waals surface area contributed by atoms with E-state index in [1.165, 1.54) is 0 Å². The number of pyridine rings is 1. The summed E-state index contributed by atoms with van der Waals surface area (Å²) in [4.78, 5) is 9.53. The van der Waals surface area contributed by atoms with Gasteiger partial charge in [0.1, 0.15) is 17.6 Å². The van der Waals surface area contributed by atoms with E-state index in [0.717, 1.165) is 53.2 Å². The van der Waals surface area contributed by atoms with Crippen LogP contribution < -0.4 is 4.90 Å². The fourth-order valence-corrected chi connectivity index (χ4v) is 4.49. The number of nitriles is 1. The molecule has 29 heavy (non-hydrogen) atoms. The van der Waals surface area contributed by atoms with Crippen molar-refractivity contribution in [1.82, 2.24) is 14.3 Å². The summed E-state index contributed by atoms with van der Waals surface area (Å²) < 4.78 is 7.98. The van der Waals surface area contributed by atoms with E-state index in [4.69, 9.17) is 9.40 Å². The van der Waals surface area contributed by atoms with Crippen LogP contribution in [0.1, 0.15) is 17.5 Å². The molecule has 1 saturated heterocycles. The molecular formula is C23H23N5O. The number of imidazole rings is 1. The maximum atomic E-state index is 9.98. The average Bonchev–Trinajstić information content (AvgIpc) is 3.46. The van der Waals surface area contributed by atoms with Crippen LogP contribution in [0.2, 0.25) is 0 Å². The number of furan rings is 1. The number of fused-ring (bicyclic) bond motifs is 3. The van der Waals surface area contributed by atoms with Gasteiger partial charge >= 0.3 is 0 Å². The van der Waals surface area contributed by atoms with Crippen LogP contribution in [0.5, 0.6) is 0 Å². The SMILES string of the molecule is Cc1c(-c2ccco2)c(N2CC[C@H](N(C)C)C2)n2c(nc3ccccc32)c1C#N. The first-order valence-electron chi connectivity index (χ1n) is 9.89. The van der Waals surface area contributed by atoms with Crippen molar-refractivity contribution >= 4 is 22.5 Å². The zero-order valence-corrected chi connectivity index (χ0v) is 16.9. The molecule has 1 aliphatic rings. The third-order valence-corrected chi connectivity index (χ3v) is 6.04. The van der Waals surface area contributed by atoms with Gasteiger partial charge in [0, 0.05) is 19.1 Å². The Hall–Kier alpha value is -3.30. The number of benzene rings is 1. The van der Waals surface area contributed by atoms with Gasteiger partial charge in [-0.05, 0) is 57.3 Å². The second-order valence-electron chi connectivity index (χ2n) is 7.90. The second-order valence-corrected chi connectivity index (χ2v) is 7.90. The zero-order chi connectivity index (χ0) is 20.1. The van der Waals surface area contributed by atoms with Crippen molar-refractivity contribution in [2.24, 2.45) is 0 Å². The van der Waals surface area contributed by atoms with E-state index in [9.17, 15) is 5.26 Å². The molecule has 1 atom stereocenters. The highest BCUT2D eigenvalue weighted by Crippen LogP contribution is 2.40. The molecule has 1 aliphatic heterocycles. The Morgan fingerprint density at radius 2 is 2.03 bits per heavy atom. The van der Waals surface area contributed by atoms with Crippen molar-refractivity contribution in [3.63, 3.8) is 0 Å². The van der Waals surface area contributed by atoms with E-state index in [1.807, 2.05) is 37.3 Å². The number of hydrogen-bond donors (Lipinski definition) is 0. The molecule has 1 aromatic carbocycles. The second kappa shape index (κ2) is 6.64. The third-order valence-electron chi connectivity index (χ3n) is 6.04. The standard InChI is InChI=1S/C23H23N5O/c1-15-17(13-24)22-25-18-7-4-5-8-19(18)28(22)23(21(15)20-9-6-12-29-20)27-11-10-16(14-27)26(2)3/h4-9,12,16H,10-11,14H2,1-3H3/t16-/m0/s1. The Balaban J connectivity index is 1.90. The smallest absolute Gasteiger partial charge is 0.157 e. The van der Waals surface area contributed by atoms with Crippen LogP contribution in [0.4, 0.5) is 5.82 Å². The number of hydrogen-bond acceptors (Lipinski definition) is 5. The molecule has 0 amide bonds. The monoisotopic (exact) mass is 385 g/mol. The molecule has 0 unspecified atom stereocenters. The lowest BCUT2D eigenvalue weighted by Gasteiger charge is -2.26. The lowest BCUT2D eigenvalue weighted by atomic mass is 10.0. The van der Waals surface area contributed by atoms with Gasteiger partial charge in [0.15, 0.2) is 5.65 Å². The Kier molecular flexibility index (Phi) is 4.07. The molecule has 0 N–H and O–H groups in total. The average molecular weight is 385 g/mol. The van der Waals surface area contributed by atoms with Gasteiger partial charge in [0.25, 0.3) is 0 Å². The molecule has 0 spiro atoms. The Labute approximate surface area is 169 Å². The number of likely N-dealkylation sites (N-methyl/N-ethyl adjacent to an activating group) is 1. The molecule has 1 fully saturated rings. The van der Waals surface area contributed by atoms with Gasteiger partial charge in [-0.25, -0.2) is 4.98 Å². The normalized spacial score (nSPS) is 16.9. The van der Waals surface area contributed by atoms with Crippen molar-refractivity contribution in [3.8, 4) is 17.4 Å². The molecule has 0 radical (unpaired) electrons. The topological polar surface area (TPSA) is 60.7 Å². The predicted octanol–water partition coefficient (Wildman–Crippen LogP) is 4.07. The molecular weight excluding hydrogens is 362 g/mol. The molecule has 3 aromatic heterocycles. The Bertz CT molecular complexity index is 1250. The maximum Gasteiger partial charge on any atom is 0.157 e. The quantitative estimate of drug-likeness (QED) is 0.532. The zero-order valence-electron chi connectivity index (χ0n) is 16.9. The van der Waals surface area contributed by atoms with E-state index >= 15 is 0 Å². The Morgan fingerprint density at radius 1 is 1.21 bits per heavy atom. The first kappa shape index (κ1) is 17.8. The van der Waals surface area contributed by atoms with Gasteiger partial charge in [0.2, 0.25) is 0 Å². The summed E-state index contributed by atoms with van der Waals surface area (Å²) in [6.45, 7) is 3.87. The summed E-state index contributed by atoms with van der Waals surface area (Å²) in [7, 11) is 4.27. The summed E-state index contributed by atoms with van der Waals surface area (Å²) in [5, 5.41) is 9.98. The largest absolute Gasteiger partial charge is 0.464 e. The van der Waals surface area contributed by atoms with Gasteiger partial charge < -0.3 is 14.2 Å². The minimum absolute atomic E-state index is 0.486. The lowest BCUT2D eigenvalue weighted by molar-refractivity contribution is 0.315. The fourth-order valence-electron chi connectivity index (χ4n) is 4.49. The number of anilines is 1. The first-order valence-corrected chi connectivity index (χ1v) is 9.89. The molecule has 5 rings (SSSR count). The van der Waals surface area contributed by atoms with Gasteiger partial charge in [0.05, 0.1) is 28.4 Å². The fraction of sp³-hybridized carbons (Fsp3) is 0.304. The van der Waals surface area contributed by atoms with E-state index in [2.05, 4.69) is 40.4 Å². The summed E-state index contributed by atoms with van der Waals surface area (Å²) in [6, 6.07) is 14.8. The molecule has 146 valence electrons. The minimum Gasteiger partial charge on any atom is -0.464 e. The first-order chi connectivity index (χ1) is 14.1. The number of aromatic nitrogens is 2. The van der Waals surface area contributed by atoms with Gasteiger partial charge in [-0.15, -0.1) is 0 Å². The maximum absolute atomic E-state index is 9.98. The third kappa shape index (κ3) is 2.62. The van der Waals surface area contributed by atoms with Crippen LogP contribution in [0.15, 0.2) is 47.1 Å². The highest BCUT2D eigenvalue weighted by molar-refractivity contribution is 5.91. The lowest BCUT2D eigenvalue weighted by Crippen LogP contribution is -2.32. The van der Waals surface area contributed by atoms with Crippen LogP contribution in [-0.4, -0.2) is 47.5 Å². The van der Waals surface area contributed by atoms with Crippen LogP contribution >= 0.6 is 0 Å². The van der Waals surface area contributed by atoms with Crippen LogP contribution in [-0.2, 0) is 0 Å². The summed E-state index contributed by atoms with van der Waals surface area (Å²) in [5.41, 5.74) is 5.10. The molecule has 0 saturated carbocycles. The van der Waals surface area contributed by atoms with Crippen molar-refractivity contribution < 1.29 is 4.42 Å². The van der Waals surface area contributed by atoms with Gasteiger partial charge in [-0.1, -0.05) is 12.1 Å². The van der Waals surface area contributed by atoms with E-state index in [1.54, 1.807) is 6.26 Å². The van der Waals surface area contributed by atoms with Crippen LogP contribution in [0.25, 0.3) is 28.0 Å². The van der Waals surface area contributed by atoms with E-state index in [0.29, 0.717) is 17.3 Å². The van der Waals surface area contributed by atoms with Crippen molar-refractivity contribution in [1.29, 1.82) is 5.26 Å². The van der Waals surface area contributed by atoms with Crippen LogP contribution in [0.3, 0.4) is 0 Å². The van der Waals surface area contributed by atoms with E-state index < -0.39 is 0 Å². The predicted molar refractivity (Wildman–Crippen MR) is 114 cm³/mol. The molecule has 0 aliphatic carbocycles. The summed E-state index contributed by atoms with van der Waals surface area (Å²) >= 11 is 0. The minimum atomic E-state index is 0.486. The molecule has 6 heteroatoms.